The quantitative estimate of drug-likeness (QED) is 0.696. The van der Waals surface area contributed by atoms with Crippen molar-refractivity contribution in [2.75, 3.05) is 19.6 Å². The van der Waals surface area contributed by atoms with Crippen LogP contribution in [-0.4, -0.2) is 38.9 Å². The Hall–Kier alpha value is -2.73. The number of hydrogen-bond acceptors (Lipinski definition) is 3. The van der Waals surface area contributed by atoms with E-state index in [1.54, 1.807) is 16.7 Å². The highest BCUT2D eigenvalue weighted by Gasteiger charge is 2.18. The Balaban J connectivity index is 1.70. The third-order valence-electron chi connectivity index (χ3n) is 5.03. The number of likely N-dealkylation sites (tertiary alicyclic amines) is 1. The van der Waals surface area contributed by atoms with E-state index in [0.29, 0.717) is 18.1 Å². The molecule has 0 aliphatic carbocycles. The summed E-state index contributed by atoms with van der Waals surface area (Å²) in [6, 6.07) is 15.6. The van der Waals surface area contributed by atoms with E-state index in [0.717, 1.165) is 25.2 Å². The van der Waals surface area contributed by atoms with Gasteiger partial charge in [0.15, 0.2) is 5.82 Å². The van der Waals surface area contributed by atoms with Crippen LogP contribution in [0.2, 0.25) is 0 Å². The van der Waals surface area contributed by atoms with Crippen molar-refractivity contribution in [3.8, 4) is 17.1 Å². The van der Waals surface area contributed by atoms with Gasteiger partial charge in [0, 0.05) is 12.1 Å². The Bertz CT molecular complexity index is 941. The van der Waals surface area contributed by atoms with E-state index in [-0.39, 0.29) is 11.5 Å². The summed E-state index contributed by atoms with van der Waals surface area (Å²) in [5, 5.41) is 4.61. The number of halogens is 1. The molecule has 0 radical (unpaired) electrons. The van der Waals surface area contributed by atoms with Crippen LogP contribution in [0.1, 0.15) is 19.3 Å². The molecule has 1 saturated heterocycles. The first-order valence-corrected chi connectivity index (χ1v) is 9.46. The normalized spacial score (nSPS) is 15.1. The van der Waals surface area contributed by atoms with Crippen molar-refractivity contribution in [1.29, 1.82) is 0 Å². The van der Waals surface area contributed by atoms with Gasteiger partial charge in [0.2, 0.25) is 0 Å². The van der Waals surface area contributed by atoms with Gasteiger partial charge >= 0.3 is 5.69 Å². The molecule has 0 bridgehead atoms. The topological polar surface area (TPSA) is 43.1 Å². The van der Waals surface area contributed by atoms with E-state index >= 15 is 0 Å². The largest absolute Gasteiger partial charge is 0.350 e. The van der Waals surface area contributed by atoms with Gasteiger partial charge in [-0.2, -0.15) is 0 Å². The second-order valence-electron chi connectivity index (χ2n) is 6.91. The molecule has 4 rings (SSSR count). The minimum absolute atomic E-state index is 0.197. The standard InChI is InChI=1S/C21H23FN4O/c22-18-9-11-19(12-10-18)26-20(17-7-3-1-4-8-17)23-25(21(26)27)16-15-24-13-5-2-6-14-24/h1,3-4,7-12H,2,5-6,13-16H2. The molecule has 0 saturated carbocycles. The van der Waals surface area contributed by atoms with Crippen molar-refractivity contribution in [1.82, 2.24) is 19.2 Å². The summed E-state index contributed by atoms with van der Waals surface area (Å²) in [5.41, 5.74) is 1.28. The summed E-state index contributed by atoms with van der Waals surface area (Å²) in [5.74, 6) is 0.247. The third-order valence-corrected chi connectivity index (χ3v) is 5.03. The van der Waals surface area contributed by atoms with Gasteiger partial charge in [0.05, 0.1) is 12.2 Å². The molecule has 1 fully saturated rings. The van der Waals surface area contributed by atoms with Crippen LogP contribution in [0, 0.1) is 5.82 Å². The fourth-order valence-electron chi connectivity index (χ4n) is 3.57. The van der Waals surface area contributed by atoms with Crippen LogP contribution in [0.25, 0.3) is 17.1 Å². The van der Waals surface area contributed by atoms with Gasteiger partial charge < -0.3 is 4.90 Å². The molecule has 6 heteroatoms. The van der Waals surface area contributed by atoms with E-state index in [2.05, 4.69) is 10.00 Å². The van der Waals surface area contributed by atoms with E-state index in [1.807, 2.05) is 30.3 Å². The highest BCUT2D eigenvalue weighted by molar-refractivity contribution is 5.57. The molecule has 0 unspecified atom stereocenters. The lowest BCUT2D eigenvalue weighted by molar-refractivity contribution is 0.217. The van der Waals surface area contributed by atoms with Gasteiger partial charge in [-0.1, -0.05) is 36.8 Å². The number of rotatable bonds is 5. The summed E-state index contributed by atoms with van der Waals surface area (Å²) in [6.45, 7) is 3.53. The maximum atomic E-state index is 13.3. The van der Waals surface area contributed by atoms with Crippen LogP contribution in [0.3, 0.4) is 0 Å². The number of hydrogen-bond donors (Lipinski definition) is 0. The number of aromatic nitrogens is 3. The first-order chi connectivity index (χ1) is 13.2. The van der Waals surface area contributed by atoms with Crippen molar-refractivity contribution in [2.24, 2.45) is 0 Å². The molecule has 3 aromatic rings. The molecule has 5 nitrogen and oxygen atoms in total. The Morgan fingerprint density at radius 2 is 1.59 bits per heavy atom. The zero-order chi connectivity index (χ0) is 18.6. The van der Waals surface area contributed by atoms with Crippen LogP contribution in [0.4, 0.5) is 4.39 Å². The maximum Gasteiger partial charge on any atom is 0.350 e. The number of benzene rings is 2. The molecule has 1 aliphatic heterocycles. The molecule has 0 N–H and O–H groups in total. The molecule has 1 aliphatic rings. The van der Waals surface area contributed by atoms with Crippen molar-refractivity contribution < 1.29 is 4.39 Å². The second kappa shape index (κ2) is 7.88. The van der Waals surface area contributed by atoms with Gasteiger partial charge in [0.1, 0.15) is 5.82 Å². The van der Waals surface area contributed by atoms with Gasteiger partial charge in [-0.3, -0.25) is 0 Å². The highest BCUT2D eigenvalue weighted by atomic mass is 19.1. The zero-order valence-corrected chi connectivity index (χ0v) is 15.2. The number of piperidine rings is 1. The van der Waals surface area contributed by atoms with Crippen molar-refractivity contribution >= 4 is 0 Å². The molecule has 2 aromatic carbocycles. The minimum atomic E-state index is -0.328. The third kappa shape index (κ3) is 3.85. The molecule has 140 valence electrons. The van der Waals surface area contributed by atoms with Crippen LogP contribution in [0.5, 0.6) is 0 Å². The van der Waals surface area contributed by atoms with Crippen LogP contribution < -0.4 is 5.69 Å². The Kier molecular flexibility index (Phi) is 5.16. The van der Waals surface area contributed by atoms with Gasteiger partial charge in [-0.05, 0) is 50.2 Å². The lowest BCUT2D eigenvalue weighted by Gasteiger charge is -2.25. The predicted octanol–water partition coefficient (Wildman–Crippen LogP) is 3.33. The Morgan fingerprint density at radius 1 is 0.889 bits per heavy atom. The van der Waals surface area contributed by atoms with Gasteiger partial charge in [0.25, 0.3) is 0 Å². The van der Waals surface area contributed by atoms with E-state index < -0.39 is 0 Å². The molecule has 0 spiro atoms. The fourth-order valence-corrected chi connectivity index (χ4v) is 3.57. The summed E-state index contributed by atoms with van der Waals surface area (Å²) < 4.78 is 16.4. The zero-order valence-electron chi connectivity index (χ0n) is 15.2. The molecular formula is C21H23FN4O. The lowest BCUT2D eigenvalue weighted by Crippen LogP contribution is -2.35. The van der Waals surface area contributed by atoms with Crippen molar-refractivity contribution in [3.63, 3.8) is 0 Å². The van der Waals surface area contributed by atoms with Gasteiger partial charge in [-0.15, -0.1) is 5.10 Å². The number of nitrogens with zero attached hydrogens (tertiary/aromatic N) is 4. The van der Waals surface area contributed by atoms with Gasteiger partial charge in [-0.25, -0.2) is 18.4 Å². The summed E-state index contributed by atoms with van der Waals surface area (Å²) in [4.78, 5) is 15.5. The smallest absolute Gasteiger partial charge is 0.301 e. The molecule has 0 amide bonds. The van der Waals surface area contributed by atoms with Crippen molar-refractivity contribution in [2.45, 2.75) is 25.8 Å². The summed E-state index contributed by atoms with van der Waals surface area (Å²) in [7, 11) is 0. The summed E-state index contributed by atoms with van der Waals surface area (Å²) in [6.07, 6.45) is 3.72. The average Bonchev–Trinajstić information content (AvgIpc) is 3.05. The van der Waals surface area contributed by atoms with E-state index in [9.17, 15) is 9.18 Å². The Labute approximate surface area is 157 Å². The fraction of sp³-hybridized carbons (Fsp3) is 0.333. The lowest BCUT2D eigenvalue weighted by atomic mass is 10.1. The average molecular weight is 366 g/mol. The molecule has 2 heterocycles. The minimum Gasteiger partial charge on any atom is -0.301 e. The predicted molar refractivity (Wildman–Crippen MR) is 104 cm³/mol. The summed E-state index contributed by atoms with van der Waals surface area (Å²) >= 11 is 0. The van der Waals surface area contributed by atoms with Crippen LogP contribution >= 0.6 is 0 Å². The molecule has 27 heavy (non-hydrogen) atoms. The molecular weight excluding hydrogens is 343 g/mol. The maximum absolute atomic E-state index is 13.3. The van der Waals surface area contributed by atoms with E-state index in [1.165, 1.54) is 36.1 Å². The van der Waals surface area contributed by atoms with Crippen LogP contribution in [-0.2, 0) is 6.54 Å². The molecule has 0 atom stereocenters. The van der Waals surface area contributed by atoms with E-state index in [4.69, 9.17) is 0 Å². The second-order valence-corrected chi connectivity index (χ2v) is 6.91. The first kappa shape index (κ1) is 17.7. The monoisotopic (exact) mass is 366 g/mol. The Morgan fingerprint density at radius 3 is 2.30 bits per heavy atom. The molecule has 1 aromatic heterocycles. The van der Waals surface area contributed by atoms with Crippen molar-refractivity contribution in [3.05, 3.63) is 70.9 Å². The van der Waals surface area contributed by atoms with Crippen LogP contribution in [0.15, 0.2) is 59.4 Å². The highest BCUT2D eigenvalue weighted by Crippen LogP contribution is 2.19. The first-order valence-electron chi connectivity index (χ1n) is 9.46. The SMILES string of the molecule is O=c1n(CCN2CCCCC2)nc(-c2ccccc2)n1-c1ccc(F)cc1.